The molecule has 4 heterocycles. The highest BCUT2D eigenvalue weighted by molar-refractivity contribution is 5.98. The fourth-order valence-corrected chi connectivity index (χ4v) is 4.59. The zero-order valence-corrected chi connectivity index (χ0v) is 26.1. The number of nitrogens with one attached hydrogen (secondary N) is 2. The molecule has 0 aliphatic carbocycles. The lowest BCUT2D eigenvalue weighted by Gasteiger charge is -2.19. The van der Waals surface area contributed by atoms with Crippen LogP contribution in [0.25, 0.3) is 22.3 Å². The Kier molecular flexibility index (Phi) is 10.3. The molecule has 2 amide bonds. The summed E-state index contributed by atoms with van der Waals surface area (Å²) in [6.07, 6.45) is 2.96. The van der Waals surface area contributed by atoms with Gasteiger partial charge in [0.05, 0.1) is 13.1 Å². The van der Waals surface area contributed by atoms with Crippen molar-refractivity contribution in [2.24, 2.45) is 0 Å². The van der Waals surface area contributed by atoms with Gasteiger partial charge < -0.3 is 39.8 Å². The number of carbonyl (C=O) groups excluding carboxylic acids is 4. The number of carbonyl (C=O) groups is 4. The van der Waals surface area contributed by atoms with Gasteiger partial charge in [0.25, 0.3) is 11.8 Å². The topological polar surface area (TPSA) is 195 Å². The van der Waals surface area contributed by atoms with E-state index in [0.717, 1.165) is 11.1 Å². The third-order valence-electron chi connectivity index (χ3n) is 6.91. The van der Waals surface area contributed by atoms with Gasteiger partial charge in [0.1, 0.15) is 49.5 Å². The lowest BCUT2D eigenvalue weighted by atomic mass is 10.1. The van der Waals surface area contributed by atoms with Gasteiger partial charge in [0, 0.05) is 23.5 Å². The molecule has 0 radical (unpaired) electrons. The van der Waals surface area contributed by atoms with Gasteiger partial charge in [0.15, 0.2) is 34.4 Å². The van der Waals surface area contributed by atoms with E-state index in [4.69, 9.17) is 18.9 Å². The molecule has 14 heteroatoms. The second-order valence-electron chi connectivity index (χ2n) is 10.7. The normalized spacial score (nSPS) is 12.5. The Labute approximate surface area is 274 Å². The number of ketones is 2. The molecule has 0 unspecified atom stereocenters. The minimum Gasteiger partial charge on any atom is -0.505 e. The molecule has 2 aliphatic rings. The molecular weight excluding hydrogens is 624 g/mol. The van der Waals surface area contributed by atoms with E-state index >= 15 is 0 Å². The number of hydrogen-bond acceptors (Lipinski definition) is 12. The number of Topliss-reactive ketones (excluding diaryl/α,β-unsaturated/α-hetero) is 2. The Balaban J connectivity index is 0.000000188. The molecule has 0 spiro atoms. The highest BCUT2D eigenvalue weighted by Gasteiger charge is 2.18. The highest BCUT2D eigenvalue weighted by atomic mass is 16.6. The van der Waals surface area contributed by atoms with E-state index in [2.05, 4.69) is 20.6 Å². The van der Waals surface area contributed by atoms with Crippen molar-refractivity contribution in [2.45, 2.75) is 13.8 Å². The Morgan fingerprint density at radius 1 is 0.583 bits per heavy atom. The number of aromatic nitrogens is 2. The van der Waals surface area contributed by atoms with Crippen molar-refractivity contribution in [1.29, 1.82) is 0 Å². The van der Waals surface area contributed by atoms with Gasteiger partial charge in [-0.15, -0.1) is 0 Å². The Morgan fingerprint density at radius 3 is 1.31 bits per heavy atom. The number of pyridine rings is 2. The number of amides is 2. The summed E-state index contributed by atoms with van der Waals surface area (Å²) in [6, 6.07) is 13.7. The van der Waals surface area contributed by atoms with Gasteiger partial charge in [-0.05, 0) is 61.4 Å². The number of hydrogen-bond donors (Lipinski definition) is 4. The first-order chi connectivity index (χ1) is 23.1. The zero-order valence-electron chi connectivity index (χ0n) is 26.1. The third kappa shape index (κ3) is 8.15. The van der Waals surface area contributed by atoms with Crippen molar-refractivity contribution < 1.29 is 48.3 Å². The van der Waals surface area contributed by atoms with Crippen molar-refractivity contribution in [3.05, 3.63) is 72.3 Å². The van der Waals surface area contributed by atoms with Crippen LogP contribution in [0.2, 0.25) is 0 Å². The average Bonchev–Trinajstić information content (AvgIpc) is 3.09. The van der Waals surface area contributed by atoms with E-state index in [0.29, 0.717) is 60.6 Å². The van der Waals surface area contributed by atoms with Gasteiger partial charge in [-0.1, -0.05) is 12.1 Å². The van der Waals surface area contributed by atoms with E-state index in [-0.39, 0.29) is 47.5 Å². The fraction of sp³-hybridized carbons (Fsp3) is 0.235. The van der Waals surface area contributed by atoms with Crippen molar-refractivity contribution in [1.82, 2.24) is 20.6 Å². The maximum absolute atomic E-state index is 11.9. The van der Waals surface area contributed by atoms with Gasteiger partial charge in [0.2, 0.25) is 0 Å². The Hall–Kier alpha value is -6.18. The maximum atomic E-state index is 11.9. The number of aromatic hydroxyl groups is 2. The molecule has 2 aromatic carbocycles. The van der Waals surface area contributed by atoms with E-state index in [1.165, 1.54) is 38.4 Å². The first-order valence-corrected chi connectivity index (χ1v) is 14.8. The van der Waals surface area contributed by atoms with Crippen molar-refractivity contribution in [2.75, 3.05) is 39.5 Å². The van der Waals surface area contributed by atoms with Crippen LogP contribution >= 0.6 is 0 Å². The van der Waals surface area contributed by atoms with Gasteiger partial charge in [-0.25, -0.2) is 9.97 Å². The van der Waals surface area contributed by atoms with E-state index in [1.54, 1.807) is 24.3 Å². The molecule has 0 atom stereocenters. The van der Waals surface area contributed by atoms with Crippen LogP contribution in [0.1, 0.15) is 34.8 Å². The summed E-state index contributed by atoms with van der Waals surface area (Å²) in [5.41, 5.74) is 2.56. The van der Waals surface area contributed by atoms with Crippen LogP contribution in [-0.2, 0) is 9.59 Å². The summed E-state index contributed by atoms with van der Waals surface area (Å²) in [5.74, 6) is 0.499. The van der Waals surface area contributed by atoms with Crippen molar-refractivity contribution >= 4 is 23.4 Å². The summed E-state index contributed by atoms with van der Waals surface area (Å²) >= 11 is 0. The smallest absolute Gasteiger partial charge is 0.274 e. The number of ether oxygens (including phenoxy) is 4. The summed E-state index contributed by atoms with van der Waals surface area (Å²) < 4.78 is 22.0. The molecule has 4 N–H and O–H groups in total. The molecule has 48 heavy (non-hydrogen) atoms. The molecule has 2 aromatic heterocycles. The van der Waals surface area contributed by atoms with Crippen LogP contribution in [0, 0.1) is 0 Å². The molecular formula is C34H32N4O10. The minimum absolute atomic E-state index is 0.107. The fourth-order valence-electron chi connectivity index (χ4n) is 4.59. The van der Waals surface area contributed by atoms with E-state index in [9.17, 15) is 29.4 Å². The van der Waals surface area contributed by atoms with Crippen molar-refractivity contribution in [3.8, 4) is 56.8 Å². The van der Waals surface area contributed by atoms with Gasteiger partial charge >= 0.3 is 0 Å². The van der Waals surface area contributed by atoms with Crippen LogP contribution in [0.4, 0.5) is 0 Å². The summed E-state index contributed by atoms with van der Waals surface area (Å²) in [7, 11) is 0. The maximum Gasteiger partial charge on any atom is 0.274 e. The van der Waals surface area contributed by atoms with E-state index < -0.39 is 11.8 Å². The minimum atomic E-state index is -0.601. The van der Waals surface area contributed by atoms with Crippen LogP contribution in [-0.4, -0.2) is 83.1 Å². The predicted molar refractivity (Wildman–Crippen MR) is 171 cm³/mol. The van der Waals surface area contributed by atoms with Gasteiger partial charge in [-0.3, -0.25) is 19.2 Å². The average molecular weight is 657 g/mol. The largest absolute Gasteiger partial charge is 0.505 e. The predicted octanol–water partition coefficient (Wildman–Crippen LogP) is 3.09. The molecule has 248 valence electrons. The van der Waals surface area contributed by atoms with Crippen LogP contribution in [0.5, 0.6) is 34.5 Å². The molecule has 0 saturated carbocycles. The zero-order chi connectivity index (χ0) is 34.2. The second kappa shape index (κ2) is 14.9. The first-order valence-electron chi connectivity index (χ1n) is 14.8. The quantitative estimate of drug-likeness (QED) is 0.217. The summed E-state index contributed by atoms with van der Waals surface area (Å²) in [6.45, 7) is 4.49. The lowest BCUT2D eigenvalue weighted by molar-refractivity contribution is -0.116. The van der Waals surface area contributed by atoms with Crippen LogP contribution < -0.4 is 29.6 Å². The first kappa shape index (κ1) is 33.2. The molecule has 14 nitrogen and oxygen atoms in total. The standard InChI is InChI=1S/2C17H16N2O5/c2*1-10(20)8-19-17(22)16-13(21)6-12(9-18-16)11-2-3-14-15(7-11)24-5-4-23-14/h2*2-3,6-7,9,21H,4-5,8H2,1H3,(H,19,22). The molecule has 2 aliphatic heterocycles. The van der Waals surface area contributed by atoms with E-state index in [1.807, 2.05) is 12.1 Å². The molecule has 6 rings (SSSR count). The second-order valence-corrected chi connectivity index (χ2v) is 10.7. The number of rotatable bonds is 8. The Bertz CT molecular complexity index is 1740. The molecule has 4 aromatic rings. The lowest BCUT2D eigenvalue weighted by Crippen LogP contribution is -2.29. The highest BCUT2D eigenvalue weighted by Crippen LogP contribution is 2.36. The molecule has 0 bridgehead atoms. The van der Waals surface area contributed by atoms with Crippen LogP contribution in [0.15, 0.2) is 60.9 Å². The van der Waals surface area contributed by atoms with Crippen LogP contribution in [0.3, 0.4) is 0 Å². The van der Waals surface area contributed by atoms with Gasteiger partial charge in [-0.2, -0.15) is 0 Å². The molecule has 0 fully saturated rings. The monoisotopic (exact) mass is 656 g/mol. The summed E-state index contributed by atoms with van der Waals surface area (Å²) in [5, 5.41) is 24.9. The van der Waals surface area contributed by atoms with Crippen molar-refractivity contribution in [3.63, 3.8) is 0 Å². The molecule has 0 saturated heterocycles. The Morgan fingerprint density at radius 2 is 0.958 bits per heavy atom. The SMILES string of the molecule is CC(=O)CNC(=O)c1ncc(-c2ccc3c(c2)OCCO3)cc1O.CC(=O)CNC(=O)c1ncc(-c2ccc3c(c2)OCCO3)cc1O. The number of fused-ring (bicyclic) bond motifs is 2. The number of nitrogens with zero attached hydrogens (tertiary/aromatic N) is 2. The third-order valence-corrected chi connectivity index (χ3v) is 6.91. The summed E-state index contributed by atoms with van der Waals surface area (Å²) in [4.78, 5) is 53.6. The number of benzene rings is 2.